The van der Waals surface area contributed by atoms with Crippen molar-refractivity contribution in [1.29, 1.82) is 0 Å². The van der Waals surface area contributed by atoms with Crippen LogP contribution in [-0.2, 0) is 14.8 Å². The number of nitro benzene ring substituents is 1. The molecule has 0 amide bonds. The van der Waals surface area contributed by atoms with Crippen LogP contribution < -0.4 is 4.74 Å². The van der Waals surface area contributed by atoms with Gasteiger partial charge in [-0.1, -0.05) is 6.92 Å². The molecule has 1 aromatic rings. The van der Waals surface area contributed by atoms with E-state index in [9.17, 15) is 23.3 Å². The molecule has 2 atom stereocenters. The predicted molar refractivity (Wildman–Crippen MR) is 83.3 cm³/mol. The number of piperidine rings is 1. The number of carbonyl (C=O) groups is 1. The van der Waals surface area contributed by atoms with E-state index in [1.807, 2.05) is 0 Å². The van der Waals surface area contributed by atoms with Crippen molar-refractivity contribution in [3.8, 4) is 5.75 Å². The molecule has 10 heteroatoms. The minimum absolute atomic E-state index is 0.0469. The summed E-state index contributed by atoms with van der Waals surface area (Å²) in [4.78, 5) is 21.3. The smallest absolute Gasteiger partial charge is 0.312 e. The second-order valence-electron chi connectivity index (χ2n) is 5.79. The third-order valence-electron chi connectivity index (χ3n) is 3.96. The molecule has 1 saturated heterocycles. The van der Waals surface area contributed by atoms with Gasteiger partial charge in [-0.3, -0.25) is 14.9 Å². The maximum atomic E-state index is 12.7. The van der Waals surface area contributed by atoms with E-state index in [-0.39, 0.29) is 29.7 Å². The molecule has 24 heavy (non-hydrogen) atoms. The highest BCUT2D eigenvalue weighted by molar-refractivity contribution is 7.89. The second-order valence-corrected chi connectivity index (χ2v) is 7.73. The third-order valence-corrected chi connectivity index (χ3v) is 5.79. The molecule has 1 heterocycles. The number of methoxy groups -OCH3 is 1. The summed E-state index contributed by atoms with van der Waals surface area (Å²) >= 11 is 0. The van der Waals surface area contributed by atoms with Gasteiger partial charge in [0.15, 0.2) is 5.75 Å². The SMILES string of the molecule is COc1ccc(S(=O)(=O)N2CC(C)CC(C(=O)O)C2)cc1[N+](=O)[O-]. The number of hydrogen-bond acceptors (Lipinski definition) is 6. The first-order chi connectivity index (χ1) is 11.2. The Bertz CT molecular complexity index is 762. The molecule has 0 aliphatic carbocycles. The summed E-state index contributed by atoms with van der Waals surface area (Å²) < 4.78 is 31.4. The largest absolute Gasteiger partial charge is 0.490 e. The molecule has 2 rings (SSSR count). The zero-order valence-electron chi connectivity index (χ0n) is 13.2. The van der Waals surface area contributed by atoms with Gasteiger partial charge in [0.25, 0.3) is 0 Å². The summed E-state index contributed by atoms with van der Waals surface area (Å²) in [6.07, 6.45) is 0.393. The molecule has 9 nitrogen and oxygen atoms in total. The first-order valence-electron chi connectivity index (χ1n) is 7.22. The van der Waals surface area contributed by atoms with Crippen molar-refractivity contribution in [3.05, 3.63) is 28.3 Å². The lowest BCUT2D eigenvalue weighted by Gasteiger charge is -2.33. The van der Waals surface area contributed by atoms with Gasteiger partial charge in [-0.25, -0.2) is 8.42 Å². The lowest BCUT2D eigenvalue weighted by atomic mass is 9.92. The molecule has 0 aromatic heterocycles. The summed E-state index contributed by atoms with van der Waals surface area (Å²) in [6.45, 7) is 1.79. The van der Waals surface area contributed by atoms with E-state index in [0.29, 0.717) is 6.42 Å². The van der Waals surface area contributed by atoms with Crippen molar-refractivity contribution in [1.82, 2.24) is 4.31 Å². The van der Waals surface area contributed by atoms with Crippen LogP contribution in [-0.4, -0.2) is 48.9 Å². The Labute approximate surface area is 139 Å². The molecule has 1 aliphatic rings. The first-order valence-corrected chi connectivity index (χ1v) is 8.66. The van der Waals surface area contributed by atoms with Crippen LogP contribution >= 0.6 is 0 Å². The number of sulfonamides is 1. The minimum atomic E-state index is -4.03. The highest BCUT2D eigenvalue weighted by Gasteiger charge is 2.37. The zero-order valence-corrected chi connectivity index (χ0v) is 14.0. The van der Waals surface area contributed by atoms with Crippen molar-refractivity contribution in [2.75, 3.05) is 20.2 Å². The number of nitrogens with zero attached hydrogens (tertiary/aromatic N) is 2. The van der Waals surface area contributed by atoms with Crippen LogP contribution in [0, 0.1) is 22.0 Å². The quantitative estimate of drug-likeness (QED) is 0.621. The number of benzene rings is 1. The van der Waals surface area contributed by atoms with Gasteiger partial charge < -0.3 is 9.84 Å². The number of ether oxygens (including phenoxy) is 1. The van der Waals surface area contributed by atoms with Gasteiger partial charge in [0.1, 0.15) is 0 Å². The summed E-state index contributed by atoms with van der Waals surface area (Å²) in [6, 6.07) is 3.37. The molecule has 1 aliphatic heterocycles. The molecule has 0 saturated carbocycles. The lowest BCUT2D eigenvalue weighted by Crippen LogP contribution is -2.45. The monoisotopic (exact) mass is 358 g/mol. The fourth-order valence-electron chi connectivity index (χ4n) is 2.80. The van der Waals surface area contributed by atoms with Crippen LogP contribution in [0.4, 0.5) is 5.69 Å². The van der Waals surface area contributed by atoms with E-state index in [4.69, 9.17) is 9.84 Å². The first kappa shape index (κ1) is 18.1. The molecule has 2 unspecified atom stereocenters. The summed E-state index contributed by atoms with van der Waals surface area (Å²) in [5, 5.41) is 20.2. The molecular weight excluding hydrogens is 340 g/mol. The fourth-order valence-corrected chi connectivity index (χ4v) is 4.43. The highest BCUT2D eigenvalue weighted by Crippen LogP contribution is 2.32. The van der Waals surface area contributed by atoms with Gasteiger partial charge in [-0.15, -0.1) is 0 Å². The average Bonchev–Trinajstić information content (AvgIpc) is 2.53. The minimum Gasteiger partial charge on any atom is -0.490 e. The molecule has 132 valence electrons. The van der Waals surface area contributed by atoms with Crippen molar-refractivity contribution in [2.45, 2.75) is 18.2 Å². The zero-order chi connectivity index (χ0) is 18.1. The van der Waals surface area contributed by atoms with Gasteiger partial charge >= 0.3 is 11.7 Å². The van der Waals surface area contributed by atoms with Gasteiger partial charge in [0.2, 0.25) is 10.0 Å². The third kappa shape index (κ3) is 3.49. The summed E-state index contributed by atoms with van der Waals surface area (Å²) in [7, 11) is -2.78. The van der Waals surface area contributed by atoms with E-state index in [2.05, 4.69) is 0 Å². The number of carboxylic acid groups (broad SMARTS) is 1. The Kier molecular flexibility index (Phi) is 5.09. The molecule has 1 aromatic carbocycles. The maximum absolute atomic E-state index is 12.7. The van der Waals surface area contributed by atoms with E-state index >= 15 is 0 Å². The molecule has 1 N–H and O–H groups in total. The Morgan fingerprint density at radius 1 is 1.42 bits per heavy atom. The van der Waals surface area contributed by atoms with Crippen molar-refractivity contribution >= 4 is 21.7 Å². The van der Waals surface area contributed by atoms with Crippen molar-refractivity contribution in [3.63, 3.8) is 0 Å². The topological polar surface area (TPSA) is 127 Å². The predicted octanol–water partition coefficient (Wildman–Crippen LogP) is 1.33. The Hall–Kier alpha value is -2.20. The Morgan fingerprint density at radius 3 is 2.62 bits per heavy atom. The summed E-state index contributed by atoms with van der Waals surface area (Å²) in [5.74, 6) is -2.02. The van der Waals surface area contributed by atoms with E-state index in [1.54, 1.807) is 6.92 Å². The van der Waals surface area contributed by atoms with Crippen LogP contribution in [0.15, 0.2) is 23.1 Å². The van der Waals surface area contributed by atoms with Gasteiger partial charge in [-0.2, -0.15) is 4.31 Å². The van der Waals surface area contributed by atoms with Gasteiger partial charge in [0.05, 0.1) is 22.8 Å². The average molecular weight is 358 g/mol. The van der Waals surface area contributed by atoms with Crippen LogP contribution in [0.5, 0.6) is 5.75 Å². The lowest BCUT2D eigenvalue weighted by molar-refractivity contribution is -0.386. The van der Waals surface area contributed by atoms with Crippen molar-refractivity contribution in [2.24, 2.45) is 11.8 Å². The van der Waals surface area contributed by atoms with E-state index in [1.165, 1.54) is 19.2 Å². The molecule has 1 fully saturated rings. The number of rotatable bonds is 5. The van der Waals surface area contributed by atoms with Crippen LogP contribution in [0.2, 0.25) is 0 Å². The van der Waals surface area contributed by atoms with Gasteiger partial charge in [0, 0.05) is 19.2 Å². The van der Waals surface area contributed by atoms with Crippen molar-refractivity contribution < 1.29 is 28.0 Å². The Morgan fingerprint density at radius 2 is 2.08 bits per heavy atom. The maximum Gasteiger partial charge on any atom is 0.312 e. The van der Waals surface area contributed by atoms with Crippen LogP contribution in [0.3, 0.4) is 0 Å². The standard InChI is InChI=1S/C14H18N2O7S/c1-9-5-10(14(17)18)8-15(7-9)24(21,22)11-3-4-13(23-2)12(6-11)16(19)20/h3-4,6,9-10H,5,7-8H2,1-2H3,(H,17,18). The van der Waals surface area contributed by atoms with Crippen LogP contribution in [0.25, 0.3) is 0 Å². The number of hydrogen-bond donors (Lipinski definition) is 1. The Balaban J connectivity index is 2.41. The number of aliphatic carboxylic acids is 1. The second kappa shape index (κ2) is 6.73. The summed E-state index contributed by atoms with van der Waals surface area (Å²) in [5.41, 5.74) is -0.460. The van der Waals surface area contributed by atoms with E-state index in [0.717, 1.165) is 10.4 Å². The number of carboxylic acids is 1. The fraction of sp³-hybridized carbons (Fsp3) is 0.500. The molecule has 0 bridgehead atoms. The molecular formula is C14H18N2O7S. The van der Waals surface area contributed by atoms with E-state index < -0.39 is 32.5 Å². The normalized spacial score (nSPS) is 22.1. The number of nitro groups is 1. The molecule has 0 spiro atoms. The van der Waals surface area contributed by atoms with Gasteiger partial charge in [-0.05, 0) is 24.5 Å². The molecule has 0 radical (unpaired) electrons. The highest BCUT2D eigenvalue weighted by atomic mass is 32.2. The van der Waals surface area contributed by atoms with Crippen LogP contribution in [0.1, 0.15) is 13.3 Å².